The number of methoxy groups -OCH3 is 1. The Balaban J connectivity index is 0.000000861. The van der Waals surface area contributed by atoms with Gasteiger partial charge in [0.15, 0.2) is 0 Å². The largest absolute Gasteiger partial charge is 0.481 e. The first-order valence-corrected chi connectivity index (χ1v) is 6.53. The van der Waals surface area contributed by atoms with E-state index < -0.39 is 0 Å². The van der Waals surface area contributed by atoms with E-state index in [0.29, 0.717) is 5.88 Å². The van der Waals surface area contributed by atoms with Crippen LogP contribution in [0.2, 0.25) is 0 Å². The van der Waals surface area contributed by atoms with Crippen LogP contribution >= 0.6 is 0 Å². The van der Waals surface area contributed by atoms with Gasteiger partial charge in [-0.05, 0) is 24.5 Å². The lowest BCUT2D eigenvalue weighted by atomic mass is 10.0. The van der Waals surface area contributed by atoms with E-state index in [2.05, 4.69) is 17.6 Å². The first kappa shape index (κ1) is 15.0. The minimum absolute atomic E-state index is 0.652. The van der Waals surface area contributed by atoms with E-state index in [-0.39, 0.29) is 0 Å². The highest BCUT2D eigenvalue weighted by molar-refractivity contribution is 5.95. The van der Waals surface area contributed by atoms with E-state index >= 15 is 0 Å². The molecule has 0 saturated heterocycles. The topological polar surface area (TPSA) is 22.1 Å². The molecule has 2 nitrogen and oxygen atoms in total. The average Bonchev–Trinajstić information content (AvgIpc) is 2.48. The number of hydrogen-bond donors (Lipinski definition) is 0. The summed E-state index contributed by atoms with van der Waals surface area (Å²) >= 11 is 0. The quantitative estimate of drug-likeness (QED) is 0.774. The summed E-state index contributed by atoms with van der Waals surface area (Å²) in [6.07, 6.45) is 5.76. The third kappa shape index (κ3) is 3.02. The zero-order valence-electron chi connectivity index (χ0n) is 12.1. The SMILES string of the molecule is C=Cc1c(/C=C\C)nc(OC)c2ccccc12.CC. The van der Waals surface area contributed by atoms with E-state index in [1.54, 1.807) is 7.11 Å². The molecule has 0 aliphatic rings. The summed E-state index contributed by atoms with van der Waals surface area (Å²) in [5.74, 6) is 0.652. The van der Waals surface area contributed by atoms with Gasteiger partial charge in [-0.1, -0.05) is 50.8 Å². The molecular weight excluding hydrogens is 234 g/mol. The standard InChI is InChI=1S/C15H15NO.C2H6/c1-4-8-14-11(5-2)12-9-6-7-10-13(12)15(16-14)17-3;1-2/h4-10H,2H2,1,3H3;1-2H3/b8-4-;. The second-order valence-electron chi connectivity index (χ2n) is 3.67. The van der Waals surface area contributed by atoms with Crippen LogP contribution in [0.3, 0.4) is 0 Å². The smallest absolute Gasteiger partial charge is 0.221 e. The molecule has 19 heavy (non-hydrogen) atoms. The summed E-state index contributed by atoms with van der Waals surface area (Å²) in [6, 6.07) is 8.06. The van der Waals surface area contributed by atoms with E-state index in [9.17, 15) is 0 Å². The van der Waals surface area contributed by atoms with Gasteiger partial charge in [0.25, 0.3) is 0 Å². The molecule has 0 spiro atoms. The van der Waals surface area contributed by atoms with Crippen LogP contribution in [0.5, 0.6) is 5.88 Å². The monoisotopic (exact) mass is 255 g/mol. The fourth-order valence-corrected chi connectivity index (χ4v) is 1.93. The van der Waals surface area contributed by atoms with Crippen molar-refractivity contribution in [2.24, 2.45) is 0 Å². The van der Waals surface area contributed by atoms with Crippen molar-refractivity contribution in [3.05, 3.63) is 48.2 Å². The Labute approximate surface area is 115 Å². The summed E-state index contributed by atoms with van der Waals surface area (Å²) in [7, 11) is 1.64. The Morgan fingerprint density at radius 2 is 1.79 bits per heavy atom. The van der Waals surface area contributed by atoms with Gasteiger partial charge in [0.2, 0.25) is 5.88 Å². The molecule has 0 fully saturated rings. The Morgan fingerprint density at radius 1 is 1.16 bits per heavy atom. The number of aromatic nitrogens is 1. The van der Waals surface area contributed by atoms with Gasteiger partial charge in [-0.15, -0.1) is 0 Å². The Kier molecular flexibility index (Phi) is 5.80. The van der Waals surface area contributed by atoms with Crippen LogP contribution in [0.4, 0.5) is 0 Å². The first-order chi connectivity index (χ1) is 9.31. The molecule has 1 aromatic heterocycles. The lowest BCUT2D eigenvalue weighted by Crippen LogP contribution is -1.95. The van der Waals surface area contributed by atoms with E-state index in [1.807, 2.05) is 57.2 Å². The number of fused-ring (bicyclic) bond motifs is 1. The van der Waals surface area contributed by atoms with E-state index in [4.69, 9.17) is 4.74 Å². The van der Waals surface area contributed by atoms with Crippen LogP contribution in [0.25, 0.3) is 22.9 Å². The highest BCUT2D eigenvalue weighted by atomic mass is 16.5. The fraction of sp³-hybridized carbons (Fsp3) is 0.235. The van der Waals surface area contributed by atoms with E-state index in [1.165, 1.54) is 0 Å². The van der Waals surface area contributed by atoms with Crippen molar-refractivity contribution >= 4 is 22.9 Å². The minimum Gasteiger partial charge on any atom is -0.481 e. The number of ether oxygens (including phenoxy) is 1. The molecule has 0 atom stereocenters. The molecular formula is C17H21NO. The molecule has 1 heterocycles. The lowest BCUT2D eigenvalue weighted by Gasteiger charge is -2.10. The van der Waals surface area contributed by atoms with Gasteiger partial charge in [0.1, 0.15) is 0 Å². The Bertz CT molecular complexity index is 585. The highest BCUT2D eigenvalue weighted by Gasteiger charge is 2.09. The number of rotatable bonds is 3. The number of pyridine rings is 1. The first-order valence-electron chi connectivity index (χ1n) is 6.53. The maximum absolute atomic E-state index is 5.33. The predicted molar refractivity (Wildman–Crippen MR) is 84.4 cm³/mol. The van der Waals surface area contributed by atoms with Crippen LogP contribution < -0.4 is 4.74 Å². The van der Waals surface area contributed by atoms with Crippen LogP contribution in [0, 0.1) is 0 Å². The van der Waals surface area contributed by atoms with Gasteiger partial charge in [-0.3, -0.25) is 0 Å². The summed E-state index contributed by atoms with van der Waals surface area (Å²) in [6.45, 7) is 9.83. The molecule has 0 aliphatic heterocycles. The number of benzene rings is 1. The molecule has 2 aromatic rings. The van der Waals surface area contributed by atoms with Crippen LogP contribution in [0.1, 0.15) is 32.0 Å². The number of nitrogens with zero attached hydrogens (tertiary/aromatic N) is 1. The normalized spacial score (nSPS) is 10.1. The Hall–Kier alpha value is -2.09. The van der Waals surface area contributed by atoms with Gasteiger partial charge in [-0.2, -0.15) is 0 Å². The van der Waals surface area contributed by atoms with Crippen molar-refractivity contribution in [2.75, 3.05) is 7.11 Å². The summed E-state index contributed by atoms with van der Waals surface area (Å²) in [4.78, 5) is 4.50. The second-order valence-corrected chi connectivity index (χ2v) is 3.67. The van der Waals surface area contributed by atoms with Crippen molar-refractivity contribution in [3.63, 3.8) is 0 Å². The van der Waals surface area contributed by atoms with Gasteiger partial charge in [0, 0.05) is 10.9 Å². The highest BCUT2D eigenvalue weighted by Crippen LogP contribution is 2.29. The molecule has 0 aliphatic carbocycles. The molecule has 2 heteroatoms. The van der Waals surface area contributed by atoms with Crippen molar-refractivity contribution in [2.45, 2.75) is 20.8 Å². The lowest BCUT2D eigenvalue weighted by molar-refractivity contribution is 0.403. The van der Waals surface area contributed by atoms with Crippen LogP contribution in [-0.4, -0.2) is 12.1 Å². The molecule has 0 radical (unpaired) electrons. The predicted octanol–water partition coefficient (Wildman–Crippen LogP) is 4.95. The van der Waals surface area contributed by atoms with Crippen molar-refractivity contribution in [1.82, 2.24) is 4.98 Å². The zero-order valence-corrected chi connectivity index (χ0v) is 12.1. The molecule has 0 amide bonds. The number of hydrogen-bond acceptors (Lipinski definition) is 2. The van der Waals surface area contributed by atoms with Gasteiger partial charge in [-0.25, -0.2) is 4.98 Å². The summed E-state index contributed by atoms with van der Waals surface area (Å²) < 4.78 is 5.33. The molecule has 0 saturated carbocycles. The van der Waals surface area contributed by atoms with Gasteiger partial charge < -0.3 is 4.74 Å². The molecule has 1 aromatic carbocycles. The van der Waals surface area contributed by atoms with Crippen molar-refractivity contribution in [1.29, 1.82) is 0 Å². The van der Waals surface area contributed by atoms with Crippen molar-refractivity contribution < 1.29 is 4.74 Å². The van der Waals surface area contributed by atoms with E-state index in [0.717, 1.165) is 22.0 Å². The summed E-state index contributed by atoms with van der Waals surface area (Å²) in [5.41, 5.74) is 1.93. The molecule has 0 N–H and O–H groups in total. The van der Waals surface area contributed by atoms with Crippen molar-refractivity contribution in [3.8, 4) is 5.88 Å². The van der Waals surface area contributed by atoms with Crippen LogP contribution in [-0.2, 0) is 0 Å². The number of allylic oxidation sites excluding steroid dienone is 1. The van der Waals surface area contributed by atoms with Gasteiger partial charge in [0.05, 0.1) is 12.8 Å². The summed E-state index contributed by atoms with van der Waals surface area (Å²) in [5, 5.41) is 2.13. The second kappa shape index (κ2) is 7.37. The zero-order chi connectivity index (χ0) is 14.3. The van der Waals surface area contributed by atoms with Crippen LogP contribution in [0.15, 0.2) is 36.9 Å². The molecule has 100 valence electrons. The third-order valence-electron chi connectivity index (χ3n) is 2.67. The maximum Gasteiger partial charge on any atom is 0.221 e. The van der Waals surface area contributed by atoms with Gasteiger partial charge >= 0.3 is 0 Å². The Morgan fingerprint density at radius 3 is 2.32 bits per heavy atom. The molecule has 2 rings (SSSR count). The third-order valence-corrected chi connectivity index (χ3v) is 2.67. The average molecular weight is 255 g/mol. The maximum atomic E-state index is 5.33. The molecule has 0 unspecified atom stereocenters. The minimum atomic E-state index is 0.652. The fourth-order valence-electron chi connectivity index (χ4n) is 1.93. The molecule has 0 bridgehead atoms.